The number of Topliss-reactive ketones (excluding diaryl/α,β-unsaturated/α-hetero) is 2. The molecule has 1 aromatic rings. The average molecular weight is 652 g/mol. The van der Waals surface area contributed by atoms with Gasteiger partial charge in [-0.05, 0) is 80.1 Å². The van der Waals surface area contributed by atoms with Gasteiger partial charge in [0.1, 0.15) is 23.2 Å². The van der Waals surface area contributed by atoms with E-state index >= 15 is 0 Å². The molecule has 0 bridgehead atoms. The van der Waals surface area contributed by atoms with Crippen molar-refractivity contribution in [3.8, 4) is 5.75 Å². The van der Waals surface area contributed by atoms with Gasteiger partial charge < -0.3 is 25.0 Å². The molecule has 7 atom stereocenters. The van der Waals surface area contributed by atoms with Gasteiger partial charge in [-0.25, -0.2) is 4.79 Å². The Morgan fingerprint density at radius 3 is 2.43 bits per heavy atom. The molecule has 3 fully saturated rings. The molecular weight excluding hydrogens is 606 g/mol. The van der Waals surface area contributed by atoms with E-state index in [0.717, 1.165) is 18.4 Å². The molecule has 0 spiro atoms. The maximum absolute atomic E-state index is 13.8. The number of hydrogen-bond donors (Lipinski definition) is 3. The highest BCUT2D eigenvalue weighted by Gasteiger charge is 2.68. The highest BCUT2D eigenvalue weighted by Crippen LogP contribution is 2.66. The van der Waals surface area contributed by atoms with Crippen molar-refractivity contribution in [1.29, 1.82) is 0 Å². The number of aromatic hydroxyl groups is 1. The summed E-state index contributed by atoms with van der Waals surface area (Å²) in [6.45, 7) is 4.97. The van der Waals surface area contributed by atoms with Crippen LogP contribution in [0.15, 0.2) is 35.9 Å². The Kier molecular flexibility index (Phi) is 9.78. The maximum Gasteiger partial charge on any atom is 0.328 e. The number of aliphatic hydroxyl groups is 1. The number of amides is 1. The van der Waals surface area contributed by atoms with Crippen molar-refractivity contribution < 1.29 is 48.5 Å². The smallest absolute Gasteiger partial charge is 0.328 e. The molecule has 5 rings (SSSR count). The number of phenolic OH excluding ortho intramolecular Hbond substituents is 1. The van der Waals surface area contributed by atoms with E-state index in [1.165, 1.54) is 12.1 Å². The lowest BCUT2D eigenvalue weighted by atomic mass is 9.46. The number of esters is 2. The van der Waals surface area contributed by atoms with Gasteiger partial charge in [-0.15, -0.1) is 0 Å². The van der Waals surface area contributed by atoms with Gasteiger partial charge in [0.05, 0.1) is 13.0 Å². The molecule has 0 aliphatic heterocycles. The van der Waals surface area contributed by atoms with Crippen LogP contribution in [0.5, 0.6) is 5.75 Å². The fourth-order valence-corrected chi connectivity index (χ4v) is 8.97. The predicted molar refractivity (Wildman–Crippen MR) is 168 cm³/mol. The molecule has 47 heavy (non-hydrogen) atoms. The second kappa shape index (κ2) is 13.3. The molecule has 0 heterocycles. The van der Waals surface area contributed by atoms with E-state index < -0.39 is 47.3 Å². The van der Waals surface area contributed by atoms with Crippen LogP contribution in [0.1, 0.15) is 84.1 Å². The van der Waals surface area contributed by atoms with E-state index in [0.29, 0.717) is 24.8 Å². The molecule has 3 saturated carbocycles. The molecule has 4 aliphatic carbocycles. The van der Waals surface area contributed by atoms with Crippen LogP contribution < -0.4 is 5.32 Å². The fourth-order valence-electron chi connectivity index (χ4n) is 8.97. The van der Waals surface area contributed by atoms with Crippen LogP contribution in [0.3, 0.4) is 0 Å². The normalized spacial score (nSPS) is 31.8. The van der Waals surface area contributed by atoms with E-state index in [2.05, 4.69) is 12.2 Å². The first-order valence-corrected chi connectivity index (χ1v) is 16.6. The highest BCUT2D eigenvalue weighted by atomic mass is 16.5. The Bertz CT molecular complexity index is 1480. The number of rotatable bonds is 11. The molecule has 0 saturated heterocycles. The first kappa shape index (κ1) is 34.5. The van der Waals surface area contributed by atoms with Gasteiger partial charge >= 0.3 is 11.9 Å². The van der Waals surface area contributed by atoms with E-state index in [-0.39, 0.29) is 79.2 Å². The van der Waals surface area contributed by atoms with E-state index in [4.69, 9.17) is 9.47 Å². The van der Waals surface area contributed by atoms with Crippen LogP contribution in [0.2, 0.25) is 0 Å². The molecular formula is C36H45NO10. The zero-order valence-electron chi connectivity index (χ0n) is 27.3. The Hall–Kier alpha value is -3.86. The molecule has 11 heteroatoms. The molecule has 0 radical (unpaired) electrons. The standard InChI is InChI=1S/C36H45NO10/c1-4-46-33(44)27(17-21-5-8-23(38)9-6-21)37-30(42)11-12-31(43)47-20-29(41)36(45)16-14-26-25-10-7-22-18-24(39)13-15-34(22,2)32(25)28(40)19-35(26,36)3/h5-6,8-9,18,25-27,32,38,45H,4,7,10-17,19-20H2,1-3H3,(H,37,42)/t25-,26+,27-,32-,34-,35-,36-/m0/s1. The summed E-state index contributed by atoms with van der Waals surface area (Å²) in [5, 5.41) is 23.9. The summed E-state index contributed by atoms with van der Waals surface area (Å²) in [5.74, 6) is -2.85. The zero-order valence-corrected chi connectivity index (χ0v) is 27.3. The number of phenols is 1. The minimum Gasteiger partial charge on any atom is -0.508 e. The topological polar surface area (TPSA) is 173 Å². The Balaban J connectivity index is 1.16. The molecule has 0 aromatic heterocycles. The third-order valence-corrected chi connectivity index (χ3v) is 11.5. The van der Waals surface area contributed by atoms with Crippen LogP contribution in [-0.2, 0) is 44.7 Å². The molecule has 4 aliphatic rings. The van der Waals surface area contributed by atoms with Crippen molar-refractivity contribution in [3.63, 3.8) is 0 Å². The number of carbonyl (C=O) groups is 6. The summed E-state index contributed by atoms with van der Waals surface area (Å²) in [6.07, 6.45) is 4.44. The Morgan fingerprint density at radius 2 is 1.72 bits per heavy atom. The minimum atomic E-state index is -1.84. The number of allylic oxidation sites excluding steroid dienone is 1. The van der Waals surface area contributed by atoms with Crippen molar-refractivity contribution >= 4 is 35.2 Å². The van der Waals surface area contributed by atoms with Gasteiger partial charge in [0.25, 0.3) is 0 Å². The monoisotopic (exact) mass is 651 g/mol. The summed E-state index contributed by atoms with van der Waals surface area (Å²) < 4.78 is 10.3. The quantitative estimate of drug-likeness (QED) is 0.301. The van der Waals surface area contributed by atoms with Gasteiger partial charge in [-0.1, -0.05) is 31.6 Å². The molecule has 1 aromatic carbocycles. The van der Waals surface area contributed by atoms with Crippen molar-refractivity contribution in [2.75, 3.05) is 13.2 Å². The number of benzene rings is 1. The lowest BCUT2D eigenvalue weighted by Crippen LogP contribution is -2.61. The van der Waals surface area contributed by atoms with Gasteiger partial charge in [0, 0.05) is 37.0 Å². The number of nitrogens with one attached hydrogen (secondary N) is 1. The van der Waals surface area contributed by atoms with Crippen LogP contribution >= 0.6 is 0 Å². The van der Waals surface area contributed by atoms with Gasteiger partial charge in [0.2, 0.25) is 11.7 Å². The lowest BCUT2D eigenvalue weighted by Gasteiger charge is -2.57. The molecule has 1 amide bonds. The number of ketones is 3. The highest BCUT2D eigenvalue weighted by molar-refractivity contribution is 5.95. The van der Waals surface area contributed by atoms with Crippen molar-refractivity contribution in [3.05, 3.63) is 41.5 Å². The van der Waals surface area contributed by atoms with Crippen LogP contribution in [0.25, 0.3) is 0 Å². The minimum absolute atomic E-state index is 0.00744. The Morgan fingerprint density at radius 1 is 1.00 bits per heavy atom. The van der Waals surface area contributed by atoms with Gasteiger partial charge in [-0.3, -0.25) is 24.0 Å². The largest absolute Gasteiger partial charge is 0.508 e. The first-order valence-electron chi connectivity index (χ1n) is 16.6. The van der Waals surface area contributed by atoms with Crippen molar-refractivity contribution in [2.24, 2.45) is 28.6 Å². The van der Waals surface area contributed by atoms with Crippen LogP contribution in [0, 0.1) is 28.6 Å². The SMILES string of the molecule is CCOC(=O)[C@H](Cc1ccc(O)cc1)NC(=O)CCC(=O)OCC(=O)[C@@]1(O)CC[C@@H]2[C@@H]3CCC4=CC(=O)CC[C@]4(C)[C@@H]3C(=O)C[C@@]21C. The van der Waals surface area contributed by atoms with Crippen LogP contribution in [-0.4, -0.2) is 70.3 Å². The zero-order chi connectivity index (χ0) is 34.1. The number of fused-ring (bicyclic) bond motifs is 5. The van der Waals surface area contributed by atoms with Crippen molar-refractivity contribution in [1.82, 2.24) is 5.32 Å². The van der Waals surface area contributed by atoms with Gasteiger partial charge in [-0.2, -0.15) is 0 Å². The number of hydrogen-bond acceptors (Lipinski definition) is 10. The summed E-state index contributed by atoms with van der Waals surface area (Å²) in [5.41, 5.74) is -1.50. The summed E-state index contributed by atoms with van der Waals surface area (Å²) in [7, 11) is 0. The third kappa shape index (κ3) is 6.51. The first-order chi connectivity index (χ1) is 22.2. The maximum atomic E-state index is 13.8. The molecule has 11 nitrogen and oxygen atoms in total. The molecule has 3 N–H and O–H groups in total. The summed E-state index contributed by atoms with van der Waals surface area (Å²) >= 11 is 0. The Labute approximate surface area is 274 Å². The lowest BCUT2D eigenvalue weighted by molar-refractivity contribution is -0.173. The number of ether oxygens (including phenoxy) is 2. The molecule has 254 valence electrons. The summed E-state index contributed by atoms with van der Waals surface area (Å²) in [6, 6.07) is 5.15. The summed E-state index contributed by atoms with van der Waals surface area (Å²) in [4.78, 5) is 77.1. The predicted octanol–water partition coefficient (Wildman–Crippen LogP) is 3.32. The third-order valence-electron chi connectivity index (χ3n) is 11.5. The fraction of sp³-hybridized carbons (Fsp3) is 0.611. The van der Waals surface area contributed by atoms with E-state index in [1.54, 1.807) is 32.1 Å². The van der Waals surface area contributed by atoms with Crippen LogP contribution in [0.4, 0.5) is 0 Å². The van der Waals surface area contributed by atoms with E-state index in [9.17, 15) is 39.0 Å². The average Bonchev–Trinajstić information content (AvgIpc) is 3.30. The van der Waals surface area contributed by atoms with Crippen molar-refractivity contribution in [2.45, 2.75) is 96.6 Å². The van der Waals surface area contributed by atoms with E-state index in [1.807, 2.05) is 0 Å². The van der Waals surface area contributed by atoms with Gasteiger partial charge in [0.15, 0.2) is 12.4 Å². The number of carbonyl (C=O) groups excluding carboxylic acids is 6. The second-order valence-corrected chi connectivity index (χ2v) is 14.1. The second-order valence-electron chi connectivity index (χ2n) is 14.1. The molecule has 0 unspecified atom stereocenters.